The quantitative estimate of drug-likeness (QED) is 0.755. The van der Waals surface area contributed by atoms with Crippen LogP contribution in [0.1, 0.15) is 13.8 Å². The summed E-state index contributed by atoms with van der Waals surface area (Å²) in [7, 11) is 1.51. The number of rotatable bonds is 5. The number of nitrogens with zero attached hydrogens (tertiary/aromatic N) is 2. The molecule has 6 nitrogen and oxygen atoms in total. The molecular weight excluding hydrogens is 208 g/mol. The number of carbonyl (C=O) groups excluding carboxylic acids is 1. The Morgan fingerprint density at radius 2 is 2.25 bits per heavy atom. The molecule has 1 aromatic heterocycles. The zero-order valence-corrected chi connectivity index (χ0v) is 9.60. The van der Waals surface area contributed by atoms with Crippen LogP contribution in [0.4, 0.5) is 5.95 Å². The lowest BCUT2D eigenvalue weighted by Gasteiger charge is -2.18. The smallest absolute Gasteiger partial charge is 0.240 e. The SMILES string of the molecule is COc1ccnc(NC(C(N)=O)C(C)C)n1. The first kappa shape index (κ1) is 12.2. The summed E-state index contributed by atoms with van der Waals surface area (Å²) in [6.07, 6.45) is 1.55. The van der Waals surface area contributed by atoms with E-state index in [1.54, 1.807) is 12.3 Å². The van der Waals surface area contributed by atoms with Crippen molar-refractivity contribution >= 4 is 11.9 Å². The van der Waals surface area contributed by atoms with Crippen molar-refractivity contribution < 1.29 is 9.53 Å². The normalized spacial score (nSPS) is 12.2. The van der Waals surface area contributed by atoms with Crippen molar-refractivity contribution in [2.24, 2.45) is 11.7 Å². The second kappa shape index (κ2) is 5.29. The lowest BCUT2D eigenvalue weighted by Crippen LogP contribution is -2.40. The number of anilines is 1. The highest BCUT2D eigenvalue weighted by Gasteiger charge is 2.20. The summed E-state index contributed by atoms with van der Waals surface area (Å²) in [5.74, 6) is 0.398. The number of nitrogens with two attached hydrogens (primary N) is 1. The molecule has 0 fully saturated rings. The highest BCUT2D eigenvalue weighted by molar-refractivity contribution is 5.82. The number of nitrogens with one attached hydrogen (secondary N) is 1. The highest BCUT2D eigenvalue weighted by atomic mass is 16.5. The number of aromatic nitrogens is 2. The topological polar surface area (TPSA) is 90.1 Å². The monoisotopic (exact) mass is 224 g/mol. The molecule has 0 radical (unpaired) electrons. The molecule has 0 saturated heterocycles. The maximum Gasteiger partial charge on any atom is 0.240 e. The van der Waals surface area contributed by atoms with Gasteiger partial charge in [-0.3, -0.25) is 4.79 Å². The number of amides is 1. The molecule has 0 bridgehead atoms. The van der Waals surface area contributed by atoms with E-state index in [1.807, 2.05) is 13.8 Å². The van der Waals surface area contributed by atoms with Gasteiger partial charge in [0, 0.05) is 12.3 Å². The Hall–Kier alpha value is -1.85. The molecule has 16 heavy (non-hydrogen) atoms. The molecule has 0 aromatic carbocycles. The molecule has 0 aliphatic rings. The average molecular weight is 224 g/mol. The fourth-order valence-electron chi connectivity index (χ4n) is 1.23. The largest absolute Gasteiger partial charge is 0.481 e. The third kappa shape index (κ3) is 3.08. The fourth-order valence-corrected chi connectivity index (χ4v) is 1.23. The van der Waals surface area contributed by atoms with Crippen molar-refractivity contribution in [1.29, 1.82) is 0 Å². The first-order chi connectivity index (χ1) is 7.54. The first-order valence-electron chi connectivity index (χ1n) is 4.97. The van der Waals surface area contributed by atoms with Crippen LogP contribution in [0.15, 0.2) is 12.3 Å². The van der Waals surface area contributed by atoms with Crippen LogP contribution in [-0.4, -0.2) is 29.0 Å². The van der Waals surface area contributed by atoms with E-state index in [0.717, 1.165) is 0 Å². The van der Waals surface area contributed by atoms with Gasteiger partial charge >= 0.3 is 0 Å². The zero-order chi connectivity index (χ0) is 12.1. The molecule has 1 amide bonds. The lowest BCUT2D eigenvalue weighted by atomic mass is 10.0. The summed E-state index contributed by atoms with van der Waals surface area (Å²) < 4.78 is 4.95. The van der Waals surface area contributed by atoms with Gasteiger partial charge < -0.3 is 15.8 Å². The predicted octanol–water partition coefficient (Wildman–Crippen LogP) is 0.407. The number of ether oxygens (including phenoxy) is 1. The second-order valence-corrected chi connectivity index (χ2v) is 3.69. The van der Waals surface area contributed by atoms with Crippen LogP contribution in [0.3, 0.4) is 0 Å². The van der Waals surface area contributed by atoms with E-state index in [9.17, 15) is 4.79 Å². The first-order valence-corrected chi connectivity index (χ1v) is 4.97. The Morgan fingerprint density at radius 1 is 1.56 bits per heavy atom. The summed E-state index contributed by atoms with van der Waals surface area (Å²) in [6.45, 7) is 3.78. The zero-order valence-electron chi connectivity index (χ0n) is 9.60. The van der Waals surface area contributed by atoms with Gasteiger partial charge in [-0.15, -0.1) is 0 Å². The molecule has 0 aliphatic heterocycles. The van der Waals surface area contributed by atoms with E-state index in [-0.39, 0.29) is 5.92 Å². The summed E-state index contributed by atoms with van der Waals surface area (Å²) in [5, 5.41) is 2.88. The standard InChI is InChI=1S/C10H16N4O2/c1-6(2)8(9(11)15)14-10-12-5-4-7(13-10)16-3/h4-6,8H,1-3H3,(H2,11,15)(H,12,13,14). The van der Waals surface area contributed by atoms with Crippen LogP contribution in [0.25, 0.3) is 0 Å². The van der Waals surface area contributed by atoms with Gasteiger partial charge in [-0.25, -0.2) is 4.98 Å². The molecule has 1 heterocycles. The number of hydrogen-bond donors (Lipinski definition) is 2. The van der Waals surface area contributed by atoms with Crippen molar-refractivity contribution in [3.63, 3.8) is 0 Å². The van der Waals surface area contributed by atoms with Crippen LogP contribution in [0.5, 0.6) is 5.88 Å². The molecule has 0 aliphatic carbocycles. The fraction of sp³-hybridized carbons (Fsp3) is 0.500. The van der Waals surface area contributed by atoms with E-state index < -0.39 is 11.9 Å². The molecule has 6 heteroatoms. The Balaban J connectivity index is 2.81. The highest BCUT2D eigenvalue weighted by Crippen LogP contribution is 2.11. The minimum atomic E-state index is -0.493. The minimum Gasteiger partial charge on any atom is -0.481 e. The number of methoxy groups -OCH3 is 1. The summed E-state index contributed by atoms with van der Waals surface area (Å²) >= 11 is 0. The summed E-state index contributed by atoms with van der Waals surface area (Å²) in [5.41, 5.74) is 5.27. The average Bonchev–Trinajstić information content (AvgIpc) is 2.25. The van der Waals surface area contributed by atoms with Gasteiger partial charge in [0.2, 0.25) is 17.7 Å². The molecule has 1 rings (SSSR count). The summed E-state index contributed by atoms with van der Waals surface area (Å²) in [6, 6.07) is 1.13. The van der Waals surface area contributed by atoms with Gasteiger partial charge in [0.1, 0.15) is 6.04 Å². The van der Waals surface area contributed by atoms with Gasteiger partial charge in [-0.2, -0.15) is 4.98 Å². The Labute approximate surface area is 94.2 Å². The van der Waals surface area contributed by atoms with Crippen LogP contribution in [0.2, 0.25) is 0 Å². The molecule has 1 aromatic rings. The van der Waals surface area contributed by atoms with Crippen LogP contribution in [0, 0.1) is 5.92 Å². The third-order valence-electron chi connectivity index (χ3n) is 2.10. The van der Waals surface area contributed by atoms with Gasteiger partial charge in [-0.05, 0) is 5.92 Å². The molecule has 3 N–H and O–H groups in total. The second-order valence-electron chi connectivity index (χ2n) is 3.69. The Morgan fingerprint density at radius 3 is 2.75 bits per heavy atom. The van der Waals surface area contributed by atoms with Crippen molar-refractivity contribution in [2.45, 2.75) is 19.9 Å². The minimum absolute atomic E-state index is 0.0623. The Kier molecular flexibility index (Phi) is 4.04. The van der Waals surface area contributed by atoms with E-state index in [4.69, 9.17) is 10.5 Å². The summed E-state index contributed by atoms with van der Waals surface area (Å²) in [4.78, 5) is 19.2. The van der Waals surface area contributed by atoms with E-state index in [0.29, 0.717) is 11.8 Å². The van der Waals surface area contributed by atoms with Crippen molar-refractivity contribution in [3.05, 3.63) is 12.3 Å². The van der Waals surface area contributed by atoms with Gasteiger partial charge in [0.05, 0.1) is 7.11 Å². The molecule has 0 saturated carbocycles. The van der Waals surface area contributed by atoms with Crippen LogP contribution >= 0.6 is 0 Å². The maximum absolute atomic E-state index is 11.2. The maximum atomic E-state index is 11.2. The van der Waals surface area contributed by atoms with Gasteiger partial charge in [-0.1, -0.05) is 13.8 Å². The van der Waals surface area contributed by atoms with E-state index in [2.05, 4.69) is 15.3 Å². The lowest BCUT2D eigenvalue weighted by molar-refractivity contribution is -0.119. The van der Waals surface area contributed by atoms with Crippen molar-refractivity contribution in [1.82, 2.24) is 9.97 Å². The third-order valence-corrected chi connectivity index (χ3v) is 2.10. The van der Waals surface area contributed by atoms with E-state index >= 15 is 0 Å². The molecule has 1 atom stereocenters. The number of carbonyl (C=O) groups is 1. The van der Waals surface area contributed by atoms with Crippen molar-refractivity contribution in [2.75, 3.05) is 12.4 Å². The predicted molar refractivity (Wildman–Crippen MR) is 60.0 cm³/mol. The van der Waals surface area contributed by atoms with Crippen molar-refractivity contribution in [3.8, 4) is 5.88 Å². The molecule has 1 unspecified atom stereocenters. The van der Waals surface area contributed by atoms with Gasteiger partial charge in [0.25, 0.3) is 0 Å². The Bertz CT molecular complexity index is 368. The number of primary amides is 1. The van der Waals surface area contributed by atoms with Crippen LogP contribution < -0.4 is 15.8 Å². The molecule has 88 valence electrons. The molecule has 0 spiro atoms. The van der Waals surface area contributed by atoms with Crippen LogP contribution in [-0.2, 0) is 4.79 Å². The van der Waals surface area contributed by atoms with E-state index in [1.165, 1.54) is 7.11 Å². The van der Waals surface area contributed by atoms with Gasteiger partial charge in [0.15, 0.2) is 0 Å². The molecular formula is C10H16N4O2. The number of hydrogen-bond acceptors (Lipinski definition) is 5.